The summed E-state index contributed by atoms with van der Waals surface area (Å²) < 4.78 is 0. The molecule has 0 spiro atoms. The lowest BCUT2D eigenvalue weighted by molar-refractivity contribution is 0.0899. The van der Waals surface area contributed by atoms with Crippen molar-refractivity contribution in [2.45, 2.75) is 40.2 Å². The summed E-state index contributed by atoms with van der Waals surface area (Å²) in [5.74, 6) is 0.238. The van der Waals surface area contributed by atoms with Crippen LogP contribution in [0, 0.1) is 19.8 Å². The molecule has 100 valence electrons. The maximum atomic E-state index is 11.9. The van der Waals surface area contributed by atoms with Crippen molar-refractivity contribution >= 4 is 5.91 Å². The fourth-order valence-electron chi connectivity index (χ4n) is 1.86. The first-order valence-electron chi connectivity index (χ1n) is 6.30. The molecule has 1 aromatic rings. The number of nitrogens with one attached hydrogen (secondary N) is 1. The summed E-state index contributed by atoms with van der Waals surface area (Å²) >= 11 is 0. The van der Waals surface area contributed by atoms with Crippen molar-refractivity contribution in [3.63, 3.8) is 0 Å². The summed E-state index contributed by atoms with van der Waals surface area (Å²) in [6, 6.07) is 3.58. The van der Waals surface area contributed by atoms with Crippen LogP contribution in [0.4, 0.5) is 0 Å². The lowest BCUT2D eigenvalue weighted by Crippen LogP contribution is -2.33. The third-order valence-corrected chi connectivity index (χ3v) is 2.71. The summed E-state index contributed by atoms with van der Waals surface area (Å²) in [5, 5.41) is 12.4. The van der Waals surface area contributed by atoms with Crippen molar-refractivity contribution in [2.75, 3.05) is 6.54 Å². The molecule has 0 radical (unpaired) electrons. The molecule has 1 rings (SSSR count). The number of carbonyl (C=O) groups is 1. The van der Waals surface area contributed by atoms with Crippen LogP contribution in [0.2, 0.25) is 0 Å². The smallest absolute Gasteiger partial charge is 0.253 e. The lowest BCUT2D eigenvalue weighted by Gasteiger charge is -2.14. The first kappa shape index (κ1) is 14.6. The molecule has 2 N–H and O–H groups in total. The first-order chi connectivity index (χ1) is 8.40. The molecule has 1 unspecified atom stereocenters. The third kappa shape index (κ3) is 4.45. The molecular formula is C14H22N2O2. The van der Waals surface area contributed by atoms with Gasteiger partial charge in [0.05, 0.1) is 17.4 Å². The van der Waals surface area contributed by atoms with Crippen LogP contribution in [0.5, 0.6) is 0 Å². The highest BCUT2D eigenvalue weighted by Gasteiger charge is 2.12. The summed E-state index contributed by atoms with van der Waals surface area (Å²) in [4.78, 5) is 16.2. The second kappa shape index (κ2) is 6.50. The molecule has 0 aromatic carbocycles. The van der Waals surface area contributed by atoms with Gasteiger partial charge in [0.15, 0.2) is 0 Å². The molecule has 4 heteroatoms. The second-order valence-corrected chi connectivity index (χ2v) is 5.08. The minimum absolute atomic E-state index is 0.178. The summed E-state index contributed by atoms with van der Waals surface area (Å²) in [5.41, 5.74) is 2.17. The molecular weight excluding hydrogens is 228 g/mol. The number of aromatic nitrogens is 1. The predicted octanol–water partition coefficient (Wildman–Crippen LogP) is 1.84. The van der Waals surface area contributed by atoms with Crippen LogP contribution in [-0.4, -0.2) is 28.6 Å². The molecule has 0 saturated carbocycles. The van der Waals surface area contributed by atoms with E-state index in [9.17, 15) is 9.90 Å². The maximum absolute atomic E-state index is 11.9. The number of rotatable bonds is 5. The fourth-order valence-corrected chi connectivity index (χ4v) is 1.86. The Balaban J connectivity index is 2.55. The van der Waals surface area contributed by atoms with Crippen molar-refractivity contribution < 1.29 is 9.90 Å². The zero-order valence-corrected chi connectivity index (χ0v) is 11.5. The molecule has 0 aliphatic heterocycles. The number of aliphatic hydroxyl groups is 1. The number of hydrogen-bond acceptors (Lipinski definition) is 3. The van der Waals surface area contributed by atoms with E-state index in [2.05, 4.69) is 10.3 Å². The van der Waals surface area contributed by atoms with Gasteiger partial charge in [0, 0.05) is 12.2 Å². The lowest BCUT2D eigenvalue weighted by atomic mass is 10.1. The van der Waals surface area contributed by atoms with Crippen LogP contribution >= 0.6 is 0 Å². The Labute approximate surface area is 108 Å². The van der Waals surface area contributed by atoms with E-state index in [1.54, 1.807) is 6.07 Å². The Morgan fingerprint density at radius 2 is 2.06 bits per heavy atom. The average molecular weight is 250 g/mol. The highest BCUT2D eigenvalue weighted by molar-refractivity contribution is 5.95. The van der Waals surface area contributed by atoms with E-state index in [0.29, 0.717) is 23.6 Å². The fraction of sp³-hybridized carbons (Fsp3) is 0.571. The number of aryl methyl sites for hydroxylation is 2. The van der Waals surface area contributed by atoms with Crippen molar-refractivity contribution in [1.29, 1.82) is 0 Å². The molecule has 0 saturated heterocycles. The standard InChI is InChI=1S/C14H22N2O2/c1-9(2)7-12(17)8-15-14(18)13-6-5-10(3)16-11(13)4/h5-6,9,12,17H,7-8H2,1-4H3,(H,15,18). The molecule has 18 heavy (non-hydrogen) atoms. The summed E-state index contributed by atoms with van der Waals surface area (Å²) in [6.07, 6.45) is 0.193. The van der Waals surface area contributed by atoms with Crippen LogP contribution in [0.1, 0.15) is 42.0 Å². The minimum Gasteiger partial charge on any atom is -0.391 e. The van der Waals surface area contributed by atoms with Gasteiger partial charge in [-0.05, 0) is 38.3 Å². The van der Waals surface area contributed by atoms with Gasteiger partial charge in [-0.25, -0.2) is 0 Å². The van der Waals surface area contributed by atoms with E-state index < -0.39 is 6.10 Å². The normalized spacial score (nSPS) is 12.6. The Hall–Kier alpha value is -1.42. The van der Waals surface area contributed by atoms with Crippen LogP contribution in [0.15, 0.2) is 12.1 Å². The van der Waals surface area contributed by atoms with Crippen LogP contribution in [0.3, 0.4) is 0 Å². The van der Waals surface area contributed by atoms with Crippen molar-refractivity contribution in [2.24, 2.45) is 5.92 Å². The zero-order chi connectivity index (χ0) is 13.7. The van der Waals surface area contributed by atoms with Gasteiger partial charge in [-0.15, -0.1) is 0 Å². The van der Waals surface area contributed by atoms with Crippen LogP contribution in [-0.2, 0) is 0 Å². The van der Waals surface area contributed by atoms with E-state index in [4.69, 9.17) is 0 Å². The second-order valence-electron chi connectivity index (χ2n) is 5.08. The number of carbonyl (C=O) groups excluding carboxylic acids is 1. The monoisotopic (exact) mass is 250 g/mol. The van der Waals surface area contributed by atoms with Gasteiger partial charge in [-0.3, -0.25) is 9.78 Å². The van der Waals surface area contributed by atoms with Crippen molar-refractivity contribution in [3.8, 4) is 0 Å². The van der Waals surface area contributed by atoms with Gasteiger partial charge in [0.1, 0.15) is 0 Å². The summed E-state index contributed by atoms with van der Waals surface area (Å²) in [7, 11) is 0. The number of nitrogens with zero attached hydrogens (tertiary/aromatic N) is 1. The highest BCUT2D eigenvalue weighted by atomic mass is 16.3. The van der Waals surface area contributed by atoms with E-state index >= 15 is 0 Å². The van der Waals surface area contributed by atoms with E-state index in [1.165, 1.54) is 0 Å². The van der Waals surface area contributed by atoms with Gasteiger partial charge in [-0.1, -0.05) is 13.8 Å². The quantitative estimate of drug-likeness (QED) is 0.838. The van der Waals surface area contributed by atoms with Crippen LogP contribution < -0.4 is 5.32 Å². The number of pyridine rings is 1. The predicted molar refractivity (Wildman–Crippen MR) is 71.5 cm³/mol. The van der Waals surface area contributed by atoms with Crippen molar-refractivity contribution in [1.82, 2.24) is 10.3 Å². The Bertz CT molecular complexity index is 416. The minimum atomic E-state index is -0.493. The third-order valence-electron chi connectivity index (χ3n) is 2.71. The van der Waals surface area contributed by atoms with Crippen molar-refractivity contribution in [3.05, 3.63) is 29.1 Å². The van der Waals surface area contributed by atoms with Gasteiger partial charge < -0.3 is 10.4 Å². The van der Waals surface area contributed by atoms with E-state index in [0.717, 1.165) is 5.69 Å². The molecule has 1 heterocycles. The van der Waals surface area contributed by atoms with E-state index in [1.807, 2.05) is 33.8 Å². The molecule has 1 atom stereocenters. The molecule has 0 aliphatic carbocycles. The zero-order valence-electron chi connectivity index (χ0n) is 11.5. The number of hydrogen-bond donors (Lipinski definition) is 2. The molecule has 0 aliphatic rings. The first-order valence-corrected chi connectivity index (χ1v) is 6.30. The molecule has 4 nitrogen and oxygen atoms in total. The van der Waals surface area contributed by atoms with Crippen LogP contribution in [0.25, 0.3) is 0 Å². The maximum Gasteiger partial charge on any atom is 0.253 e. The Kier molecular flexibility index (Phi) is 5.28. The van der Waals surface area contributed by atoms with Gasteiger partial charge >= 0.3 is 0 Å². The number of aliphatic hydroxyl groups excluding tert-OH is 1. The Morgan fingerprint density at radius 3 is 2.61 bits per heavy atom. The molecule has 1 amide bonds. The highest BCUT2D eigenvalue weighted by Crippen LogP contribution is 2.07. The Morgan fingerprint density at radius 1 is 1.39 bits per heavy atom. The van der Waals surface area contributed by atoms with E-state index in [-0.39, 0.29) is 12.5 Å². The topological polar surface area (TPSA) is 62.2 Å². The molecule has 1 aromatic heterocycles. The number of amides is 1. The van der Waals surface area contributed by atoms with Gasteiger partial charge in [0.2, 0.25) is 0 Å². The molecule has 0 fully saturated rings. The SMILES string of the molecule is Cc1ccc(C(=O)NCC(O)CC(C)C)c(C)n1. The largest absolute Gasteiger partial charge is 0.391 e. The average Bonchev–Trinajstić information content (AvgIpc) is 2.25. The van der Waals surface area contributed by atoms with Gasteiger partial charge in [0.25, 0.3) is 5.91 Å². The molecule has 0 bridgehead atoms. The summed E-state index contributed by atoms with van der Waals surface area (Å²) in [6.45, 7) is 8.07. The van der Waals surface area contributed by atoms with Gasteiger partial charge in [-0.2, -0.15) is 0 Å².